The molecular formula is C20H19FN2. The van der Waals surface area contributed by atoms with E-state index in [0.717, 1.165) is 48.2 Å². The highest BCUT2D eigenvalue weighted by Gasteiger charge is 2.23. The fraction of sp³-hybridized carbons (Fsp3) is 0.250. The lowest BCUT2D eigenvalue weighted by Crippen LogP contribution is -2.33. The number of nitrogens with zero attached hydrogens (tertiary/aromatic N) is 2. The van der Waals surface area contributed by atoms with Crippen molar-refractivity contribution < 1.29 is 4.39 Å². The first-order valence-corrected chi connectivity index (χ1v) is 8.16. The number of fused-ring (bicyclic) bond motifs is 1. The van der Waals surface area contributed by atoms with Crippen molar-refractivity contribution in [1.82, 2.24) is 4.98 Å². The third-order valence-corrected chi connectivity index (χ3v) is 4.75. The van der Waals surface area contributed by atoms with Crippen LogP contribution in [0.3, 0.4) is 0 Å². The zero-order valence-corrected chi connectivity index (χ0v) is 13.0. The van der Waals surface area contributed by atoms with Gasteiger partial charge >= 0.3 is 0 Å². The fourth-order valence-electron chi connectivity index (χ4n) is 3.46. The Morgan fingerprint density at radius 1 is 0.870 bits per heavy atom. The summed E-state index contributed by atoms with van der Waals surface area (Å²) >= 11 is 0. The number of hydrogen-bond acceptors (Lipinski definition) is 2. The number of piperidine rings is 1. The smallest absolute Gasteiger partial charge is 0.129 e. The summed E-state index contributed by atoms with van der Waals surface area (Å²) in [6, 6.07) is 19.6. The van der Waals surface area contributed by atoms with Gasteiger partial charge in [0.2, 0.25) is 0 Å². The lowest BCUT2D eigenvalue weighted by atomic mass is 9.89. The Morgan fingerprint density at radius 2 is 1.61 bits per heavy atom. The van der Waals surface area contributed by atoms with E-state index < -0.39 is 0 Å². The van der Waals surface area contributed by atoms with E-state index in [1.165, 1.54) is 0 Å². The lowest BCUT2D eigenvalue weighted by Gasteiger charge is -2.33. The van der Waals surface area contributed by atoms with Crippen LogP contribution in [0.15, 0.2) is 60.7 Å². The Hall–Kier alpha value is -2.42. The molecule has 0 amide bonds. The molecule has 1 saturated heterocycles. The minimum absolute atomic E-state index is 0.0743. The molecule has 1 fully saturated rings. The molecule has 23 heavy (non-hydrogen) atoms. The van der Waals surface area contributed by atoms with Gasteiger partial charge in [-0.2, -0.15) is 0 Å². The third-order valence-electron chi connectivity index (χ3n) is 4.75. The number of para-hydroxylation sites is 1. The van der Waals surface area contributed by atoms with Gasteiger partial charge in [-0.05, 0) is 48.6 Å². The predicted molar refractivity (Wildman–Crippen MR) is 92.3 cm³/mol. The van der Waals surface area contributed by atoms with E-state index in [9.17, 15) is 4.39 Å². The van der Waals surface area contributed by atoms with Gasteiger partial charge in [-0.15, -0.1) is 0 Å². The molecule has 0 radical (unpaired) electrons. The summed E-state index contributed by atoms with van der Waals surface area (Å²) in [5.74, 6) is 1.26. The Kier molecular flexibility index (Phi) is 3.70. The van der Waals surface area contributed by atoms with Crippen LogP contribution >= 0.6 is 0 Å². The van der Waals surface area contributed by atoms with Crippen molar-refractivity contribution in [3.8, 4) is 0 Å². The van der Waals surface area contributed by atoms with Gasteiger partial charge in [-0.1, -0.05) is 36.4 Å². The maximum absolute atomic E-state index is 13.9. The van der Waals surface area contributed by atoms with E-state index >= 15 is 0 Å². The highest BCUT2D eigenvalue weighted by Crippen LogP contribution is 2.31. The summed E-state index contributed by atoms with van der Waals surface area (Å²) < 4.78 is 13.9. The predicted octanol–water partition coefficient (Wildman–Crippen LogP) is 4.76. The SMILES string of the molecule is Fc1ccccc1C1CCN(c2ccc3ccccc3n2)CC1. The van der Waals surface area contributed by atoms with Crippen LogP contribution in [0.2, 0.25) is 0 Å². The van der Waals surface area contributed by atoms with Crippen LogP contribution in [0.5, 0.6) is 0 Å². The molecule has 0 atom stereocenters. The Labute approximate surface area is 135 Å². The number of anilines is 1. The maximum Gasteiger partial charge on any atom is 0.129 e. The van der Waals surface area contributed by atoms with Crippen LogP contribution in [0.25, 0.3) is 10.9 Å². The van der Waals surface area contributed by atoms with Crippen LogP contribution in [0, 0.1) is 5.82 Å². The van der Waals surface area contributed by atoms with E-state index in [1.807, 2.05) is 30.3 Å². The van der Waals surface area contributed by atoms with E-state index in [1.54, 1.807) is 12.1 Å². The Morgan fingerprint density at radius 3 is 2.43 bits per heavy atom. The first-order valence-electron chi connectivity index (χ1n) is 8.16. The minimum Gasteiger partial charge on any atom is -0.357 e. The summed E-state index contributed by atoms with van der Waals surface area (Å²) in [6.07, 6.45) is 1.94. The first kappa shape index (κ1) is 14.2. The molecule has 0 N–H and O–H groups in total. The molecule has 1 aromatic heterocycles. The van der Waals surface area contributed by atoms with Crippen LogP contribution < -0.4 is 4.90 Å². The molecular weight excluding hydrogens is 287 g/mol. The molecule has 0 spiro atoms. The average molecular weight is 306 g/mol. The number of hydrogen-bond donors (Lipinski definition) is 0. The van der Waals surface area contributed by atoms with Gasteiger partial charge in [-0.25, -0.2) is 9.37 Å². The third kappa shape index (κ3) is 2.79. The molecule has 3 heteroatoms. The van der Waals surface area contributed by atoms with Crippen molar-refractivity contribution in [2.45, 2.75) is 18.8 Å². The molecule has 1 aliphatic rings. The van der Waals surface area contributed by atoms with Gasteiger partial charge < -0.3 is 4.90 Å². The molecule has 0 bridgehead atoms. The standard InChI is InChI=1S/C20H19FN2/c21-18-7-3-2-6-17(18)15-11-13-23(14-12-15)20-10-9-16-5-1-4-8-19(16)22-20/h1-10,15H,11-14H2. The van der Waals surface area contributed by atoms with E-state index in [0.29, 0.717) is 5.92 Å². The molecule has 0 saturated carbocycles. The topological polar surface area (TPSA) is 16.1 Å². The van der Waals surface area contributed by atoms with Crippen LogP contribution in [-0.4, -0.2) is 18.1 Å². The number of aromatic nitrogens is 1. The molecule has 116 valence electrons. The van der Waals surface area contributed by atoms with Gasteiger partial charge in [-0.3, -0.25) is 0 Å². The highest BCUT2D eigenvalue weighted by atomic mass is 19.1. The van der Waals surface area contributed by atoms with Gasteiger partial charge in [0.15, 0.2) is 0 Å². The summed E-state index contributed by atoms with van der Waals surface area (Å²) in [4.78, 5) is 7.08. The number of rotatable bonds is 2. The van der Waals surface area contributed by atoms with Crippen molar-refractivity contribution in [3.63, 3.8) is 0 Å². The lowest BCUT2D eigenvalue weighted by molar-refractivity contribution is 0.480. The first-order chi connectivity index (χ1) is 11.3. The Bertz CT molecular complexity index is 822. The Balaban J connectivity index is 1.51. The molecule has 0 unspecified atom stereocenters. The molecule has 0 aliphatic carbocycles. The summed E-state index contributed by atoms with van der Waals surface area (Å²) in [7, 11) is 0. The molecule has 2 aromatic carbocycles. The molecule has 4 rings (SSSR count). The second-order valence-electron chi connectivity index (χ2n) is 6.14. The normalized spacial score (nSPS) is 16.0. The minimum atomic E-state index is -0.0743. The quantitative estimate of drug-likeness (QED) is 0.678. The molecule has 3 aromatic rings. The van der Waals surface area contributed by atoms with Gasteiger partial charge in [0.05, 0.1) is 5.52 Å². The second-order valence-corrected chi connectivity index (χ2v) is 6.14. The fourth-order valence-corrected chi connectivity index (χ4v) is 3.46. The number of benzene rings is 2. The van der Waals surface area contributed by atoms with Crippen molar-refractivity contribution in [2.75, 3.05) is 18.0 Å². The highest BCUT2D eigenvalue weighted by molar-refractivity contribution is 5.80. The van der Waals surface area contributed by atoms with Gasteiger partial charge in [0.1, 0.15) is 11.6 Å². The van der Waals surface area contributed by atoms with Gasteiger partial charge in [0.25, 0.3) is 0 Å². The van der Waals surface area contributed by atoms with E-state index in [2.05, 4.69) is 23.1 Å². The number of halogens is 1. The van der Waals surface area contributed by atoms with Crippen LogP contribution in [0.1, 0.15) is 24.3 Å². The van der Waals surface area contributed by atoms with E-state index in [4.69, 9.17) is 4.98 Å². The number of pyridine rings is 1. The largest absolute Gasteiger partial charge is 0.357 e. The summed E-state index contributed by atoms with van der Waals surface area (Å²) in [5.41, 5.74) is 1.89. The zero-order valence-electron chi connectivity index (χ0n) is 13.0. The van der Waals surface area contributed by atoms with E-state index in [-0.39, 0.29) is 5.82 Å². The van der Waals surface area contributed by atoms with Crippen LogP contribution in [-0.2, 0) is 0 Å². The zero-order chi connectivity index (χ0) is 15.6. The van der Waals surface area contributed by atoms with Crippen molar-refractivity contribution >= 4 is 16.7 Å². The molecule has 2 nitrogen and oxygen atoms in total. The summed E-state index contributed by atoms with van der Waals surface area (Å²) in [6.45, 7) is 1.84. The van der Waals surface area contributed by atoms with Crippen molar-refractivity contribution in [2.24, 2.45) is 0 Å². The maximum atomic E-state index is 13.9. The average Bonchev–Trinajstić information content (AvgIpc) is 2.62. The summed E-state index contributed by atoms with van der Waals surface area (Å²) in [5, 5.41) is 1.16. The van der Waals surface area contributed by atoms with Crippen molar-refractivity contribution in [1.29, 1.82) is 0 Å². The molecule has 1 aliphatic heterocycles. The van der Waals surface area contributed by atoms with Crippen molar-refractivity contribution in [3.05, 3.63) is 72.0 Å². The monoisotopic (exact) mass is 306 g/mol. The molecule has 2 heterocycles. The van der Waals surface area contributed by atoms with Gasteiger partial charge in [0, 0.05) is 18.5 Å². The second kappa shape index (κ2) is 5.99. The van der Waals surface area contributed by atoms with Crippen LogP contribution in [0.4, 0.5) is 10.2 Å².